The van der Waals surface area contributed by atoms with Crippen molar-refractivity contribution in [2.24, 2.45) is 0 Å². The summed E-state index contributed by atoms with van der Waals surface area (Å²) in [6.07, 6.45) is -8.50. The average Bonchev–Trinajstić information content (AvgIpc) is 2.14. The zero-order valence-corrected chi connectivity index (χ0v) is 9.88. The van der Waals surface area contributed by atoms with Crippen molar-refractivity contribution in [1.82, 2.24) is 4.98 Å². The van der Waals surface area contributed by atoms with E-state index in [2.05, 4.69) is 4.98 Å². The molecule has 0 aromatic carbocycles. The molecule has 94 valence electrons. The highest BCUT2D eigenvalue weighted by molar-refractivity contribution is 14.1. The number of carbonyl (C=O) groups is 1. The second-order valence-electron chi connectivity index (χ2n) is 2.86. The van der Waals surface area contributed by atoms with Crippen molar-refractivity contribution in [1.29, 1.82) is 0 Å². The van der Waals surface area contributed by atoms with Crippen molar-refractivity contribution < 1.29 is 31.9 Å². The van der Waals surface area contributed by atoms with E-state index in [4.69, 9.17) is 5.11 Å². The molecule has 0 bridgehead atoms. The molecule has 0 aliphatic rings. The largest absolute Gasteiger partial charge is 0.478 e. The molecule has 0 amide bonds. The van der Waals surface area contributed by atoms with Gasteiger partial charge in [-0.05, 0) is 28.7 Å². The van der Waals surface area contributed by atoms with Crippen molar-refractivity contribution in [2.75, 3.05) is 0 Å². The highest BCUT2D eigenvalue weighted by Gasteiger charge is 2.38. The maximum absolute atomic E-state index is 12.4. The Morgan fingerprint density at radius 2 is 1.94 bits per heavy atom. The van der Waals surface area contributed by atoms with Crippen LogP contribution >= 0.6 is 22.6 Å². The second-order valence-corrected chi connectivity index (χ2v) is 3.88. The van der Waals surface area contributed by atoms with Crippen LogP contribution in [0, 0.1) is 3.70 Å². The van der Waals surface area contributed by atoms with Gasteiger partial charge in [0.1, 0.15) is 9.39 Å². The molecule has 0 aliphatic carbocycles. The molecule has 0 saturated heterocycles. The fourth-order valence-electron chi connectivity index (χ4n) is 1.05. The standard InChI is InChI=1S/C8H3F5INO2/c9-5(10)4-3(8(11,12)13)1-2(7(16)17)6(14)15-4/h1,5H,(H,16,17). The first kappa shape index (κ1) is 14.1. The fourth-order valence-corrected chi connectivity index (χ4v) is 1.69. The fraction of sp³-hybridized carbons (Fsp3) is 0.250. The van der Waals surface area contributed by atoms with Crippen molar-refractivity contribution in [2.45, 2.75) is 12.6 Å². The summed E-state index contributed by atoms with van der Waals surface area (Å²) in [6.45, 7) is 0. The quantitative estimate of drug-likeness (QED) is 0.496. The number of nitrogens with zero attached hydrogens (tertiary/aromatic N) is 1. The molecule has 0 radical (unpaired) electrons. The van der Waals surface area contributed by atoms with E-state index >= 15 is 0 Å². The Balaban J connectivity index is 3.54. The van der Waals surface area contributed by atoms with Gasteiger partial charge in [0.25, 0.3) is 6.43 Å². The lowest BCUT2D eigenvalue weighted by atomic mass is 10.1. The van der Waals surface area contributed by atoms with Gasteiger partial charge in [0, 0.05) is 0 Å². The van der Waals surface area contributed by atoms with Gasteiger partial charge in [-0.3, -0.25) is 0 Å². The third-order valence-corrected chi connectivity index (χ3v) is 2.57. The van der Waals surface area contributed by atoms with Gasteiger partial charge in [-0.15, -0.1) is 0 Å². The molecule has 0 spiro atoms. The third-order valence-electron chi connectivity index (χ3n) is 1.75. The minimum atomic E-state index is -5.08. The van der Waals surface area contributed by atoms with Gasteiger partial charge in [-0.1, -0.05) is 0 Å². The molecular weight excluding hydrogens is 364 g/mol. The van der Waals surface area contributed by atoms with E-state index in [9.17, 15) is 26.7 Å². The minimum Gasteiger partial charge on any atom is -0.478 e. The molecule has 1 aromatic heterocycles. The minimum absolute atomic E-state index is 0.165. The number of aromatic nitrogens is 1. The van der Waals surface area contributed by atoms with E-state index in [1.165, 1.54) is 22.6 Å². The molecule has 0 unspecified atom stereocenters. The molecule has 0 aliphatic heterocycles. The second kappa shape index (κ2) is 4.70. The number of pyridine rings is 1. The number of aromatic carboxylic acids is 1. The van der Waals surface area contributed by atoms with Gasteiger partial charge < -0.3 is 5.11 Å². The van der Waals surface area contributed by atoms with Gasteiger partial charge in [0.05, 0.1) is 11.1 Å². The highest BCUT2D eigenvalue weighted by Crippen LogP contribution is 2.36. The van der Waals surface area contributed by atoms with Crippen LogP contribution in [-0.2, 0) is 6.18 Å². The number of hydrogen-bond acceptors (Lipinski definition) is 2. The van der Waals surface area contributed by atoms with E-state index < -0.39 is 39.1 Å². The molecule has 1 N–H and O–H groups in total. The zero-order valence-electron chi connectivity index (χ0n) is 7.73. The Hall–Kier alpha value is -1.00. The summed E-state index contributed by atoms with van der Waals surface area (Å²) in [4.78, 5) is 13.6. The van der Waals surface area contributed by atoms with E-state index in [0.717, 1.165) is 0 Å². The molecule has 1 heterocycles. The zero-order chi connectivity index (χ0) is 13.4. The van der Waals surface area contributed by atoms with Gasteiger partial charge in [0.2, 0.25) is 0 Å². The van der Waals surface area contributed by atoms with Crippen LogP contribution in [0.1, 0.15) is 28.0 Å². The lowest BCUT2D eigenvalue weighted by molar-refractivity contribution is -0.140. The Morgan fingerprint density at radius 3 is 2.29 bits per heavy atom. The van der Waals surface area contributed by atoms with E-state index in [-0.39, 0.29) is 6.07 Å². The summed E-state index contributed by atoms with van der Waals surface area (Å²) in [6, 6.07) is 0.165. The van der Waals surface area contributed by atoms with Crippen LogP contribution in [0.4, 0.5) is 22.0 Å². The van der Waals surface area contributed by atoms with Crippen LogP contribution in [0.25, 0.3) is 0 Å². The number of rotatable bonds is 2. The average molecular weight is 367 g/mol. The Bertz CT molecular complexity index is 460. The lowest BCUT2D eigenvalue weighted by Crippen LogP contribution is -2.15. The maximum atomic E-state index is 12.4. The lowest BCUT2D eigenvalue weighted by Gasteiger charge is -2.13. The normalized spacial score (nSPS) is 11.9. The monoisotopic (exact) mass is 367 g/mol. The third kappa shape index (κ3) is 3.01. The predicted octanol–water partition coefficient (Wildman–Crippen LogP) is 3.34. The first-order chi connectivity index (χ1) is 7.64. The van der Waals surface area contributed by atoms with Crippen molar-refractivity contribution >= 4 is 28.6 Å². The van der Waals surface area contributed by atoms with Gasteiger partial charge in [-0.25, -0.2) is 18.6 Å². The molecule has 17 heavy (non-hydrogen) atoms. The summed E-state index contributed by atoms with van der Waals surface area (Å²) in [5, 5.41) is 8.59. The summed E-state index contributed by atoms with van der Waals surface area (Å²) in [5.41, 5.74) is -3.96. The van der Waals surface area contributed by atoms with Gasteiger partial charge in [0.15, 0.2) is 0 Å². The van der Waals surface area contributed by atoms with Crippen molar-refractivity contribution in [3.8, 4) is 0 Å². The van der Waals surface area contributed by atoms with Crippen LogP contribution in [0.3, 0.4) is 0 Å². The summed E-state index contributed by atoms with van der Waals surface area (Å²) in [7, 11) is 0. The number of carboxylic acid groups (broad SMARTS) is 1. The first-order valence-electron chi connectivity index (χ1n) is 3.93. The van der Waals surface area contributed by atoms with Crippen LogP contribution in [0.2, 0.25) is 0 Å². The van der Waals surface area contributed by atoms with Gasteiger partial charge >= 0.3 is 12.1 Å². The number of alkyl halides is 5. The maximum Gasteiger partial charge on any atom is 0.418 e. The Morgan fingerprint density at radius 1 is 1.41 bits per heavy atom. The molecule has 0 saturated carbocycles. The van der Waals surface area contributed by atoms with Gasteiger partial charge in [-0.2, -0.15) is 13.2 Å². The highest BCUT2D eigenvalue weighted by atomic mass is 127. The Labute approximate surface area is 105 Å². The molecule has 1 aromatic rings. The molecule has 1 rings (SSSR count). The molecule has 3 nitrogen and oxygen atoms in total. The topological polar surface area (TPSA) is 50.2 Å². The van der Waals surface area contributed by atoms with Crippen LogP contribution in [0.15, 0.2) is 6.07 Å². The Kier molecular flexibility index (Phi) is 3.89. The molecular formula is C8H3F5INO2. The summed E-state index contributed by atoms with van der Waals surface area (Å²) >= 11 is 1.29. The summed E-state index contributed by atoms with van der Waals surface area (Å²) < 4.78 is 61.5. The molecule has 0 atom stereocenters. The van der Waals surface area contributed by atoms with Crippen LogP contribution in [0.5, 0.6) is 0 Å². The van der Waals surface area contributed by atoms with E-state index in [0.29, 0.717) is 0 Å². The van der Waals surface area contributed by atoms with Crippen LogP contribution in [-0.4, -0.2) is 16.1 Å². The van der Waals surface area contributed by atoms with E-state index in [1.54, 1.807) is 0 Å². The number of halogens is 6. The predicted molar refractivity (Wildman–Crippen MR) is 53.9 cm³/mol. The van der Waals surface area contributed by atoms with Crippen molar-refractivity contribution in [3.63, 3.8) is 0 Å². The molecule has 0 fully saturated rings. The number of hydrogen-bond donors (Lipinski definition) is 1. The van der Waals surface area contributed by atoms with Crippen molar-refractivity contribution in [3.05, 3.63) is 26.6 Å². The first-order valence-corrected chi connectivity index (χ1v) is 5.01. The molecule has 9 heteroatoms. The SMILES string of the molecule is O=C(O)c1cc(C(F)(F)F)c(C(F)F)nc1I. The summed E-state index contributed by atoms with van der Waals surface area (Å²) in [5.74, 6) is -1.66. The smallest absolute Gasteiger partial charge is 0.418 e. The van der Waals surface area contributed by atoms with E-state index in [1.807, 2.05) is 0 Å². The van der Waals surface area contributed by atoms with Crippen LogP contribution < -0.4 is 0 Å². The number of carboxylic acids is 1.